The van der Waals surface area contributed by atoms with E-state index in [0.29, 0.717) is 35.2 Å². The van der Waals surface area contributed by atoms with E-state index in [1.807, 2.05) is 12.1 Å². The van der Waals surface area contributed by atoms with Crippen molar-refractivity contribution in [3.05, 3.63) is 48.0 Å². The lowest BCUT2D eigenvalue weighted by Crippen LogP contribution is -2.22. The molecule has 2 aromatic rings. The molecule has 0 aliphatic heterocycles. The number of benzene rings is 2. The summed E-state index contributed by atoms with van der Waals surface area (Å²) in [6.45, 7) is 0.828. The molecule has 0 saturated carbocycles. The van der Waals surface area contributed by atoms with Crippen molar-refractivity contribution in [1.82, 2.24) is 5.32 Å². The first kappa shape index (κ1) is 19.1. The maximum atomic E-state index is 12.2. The van der Waals surface area contributed by atoms with Crippen molar-refractivity contribution in [2.75, 3.05) is 33.6 Å². The van der Waals surface area contributed by atoms with Crippen LogP contribution in [-0.4, -0.2) is 42.0 Å². The minimum Gasteiger partial charge on any atom is -0.493 e. The Bertz CT molecular complexity index is 765. The monoisotopic (exact) mass is 365 g/mol. The van der Waals surface area contributed by atoms with E-state index >= 15 is 0 Å². The van der Waals surface area contributed by atoms with Gasteiger partial charge in [-0.3, -0.25) is 0 Å². The smallest absolute Gasteiger partial charge is 0.203 e. The number of nitrogens with one attached hydrogen (secondary N) is 1. The summed E-state index contributed by atoms with van der Waals surface area (Å²) in [6.07, 6.45) is 0. The third kappa shape index (κ3) is 4.87. The first-order valence-corrected chi connectivity index (χ1v) is 9.44. The van der Waals surface area contributed by atoms with Crippen LogP contribution in [0.3, 0.4) is 0 Å². The molecular weight excluding hydrogens is 342 g/mol. The molecule has 6 nitrogen and oxygen atoms in total. The fourth-order valence-corrected chi connectivity index (χ4v) is 3.64. The van der Waals surface area contributed by atoms with Gasteiger partial charge in [0, 0.05) is 13.1 Å². The first-order chi connectivity index (χ1) is 12.0. The van der Waals surface area contributed by atoms with Crippen LogP contribution in [0.5, 0.6) is 17.2 Å². The predicted molar refractivity (Wildman–Crippen MR) is 96.3 cm³/mol. The predicted octanol–water partition coefficient (Wildman–Crippen LogP) is 2.28. The maximum Gasteiger partial charge on any atom is 0.203 e. The summed E-state index contributed by atoms with van der Waals surface area (Å²) in [5, 5.41) is 3.14. The lowest BCUT2D eigenvalue weighted by Gasteiger charge is -2.14. The number of hydrogen-bond donors (Lipinski definition) is 1. The van der Waals surface area contributed by atoms with E-state index in [4.69, 9.17) is 14.2 Å². The number of hydrogen-bond acceptors (Lipinski definition) is 6. The Labute approximate surface area is 148 Å². The van der Waals surface area contributed by atoms with E-state index < -0.39 is 9.84 Å². The summed E-state index contributed by atoms with van der Waals surface area (Å²) in [7, 11) is 1.38. The van der Waals surface area contributed by atoms with Crippen LogP contribution in [0.15, 0.2) is 47.4 Å². The number of methoxy groups -OCH3 is 3. The van der Waals surface area contributed by atoms with Gasteiger partial charge < -0.3 is 19.5 Å². The molecule has 2 aromatic carbocycles. The summed E-state index contributed by atoms with van der Waals surface area (Å²) in [5.74, 6) is 1.69. The van der Waals surface area contributed by atoms with Gasteiger partial charge in [0.1, 0.15) is 0 Å². The van der Waals surface area contributed by atoms with E-state index in [0.717, 1.165) is 5.56 Å². The second kappa shape index (κ2) is 8.73. The molecule has 0 saturated heterocycles. The van der Waals surface area contributed by atoms with Crippen LogP contribution in [0.4, 0.5) is 0 Å². The fraction of sp³-hybridized carbons (Fsp3) is 0.333. The molecular formula is C18H23NO5S. The van der Waals surface area contributed by atoms with Gasteiger partial charge in [-0.25, -0.2) is 8.42 Å². The first-order valence-electron chi connectivity index (χ1n) is 7.79. The molecule has 0 bridgehead atoms. The zero-order valence-electron chi connectivity index (χ0n) is 14.6. The van der Waals surface area contributed by atoms with Gasteiger partial charge in [-0.2, -0.15) is 0 Å². The molecule has 2 rings (SSSR count). The van der Waals surface area contributed by atoms with Crippen molar-refractivity contribution in [1.29, 1.82) is 0 Å². The summed E-state index contributed by atoms with van der Waals surface area (Å²) in [6, 6.07) is 12.1. The quantitative estimate of drug-likeness (QED) is 0.687. The highest BCUT2D eigenvalue weighted by molar-refractivity contribution is 7.91. The number of rotatable bonds is 9. The molecule has 0 amide bonds. The van der Waals surface area contributed by atoms with Crippen molar-refractivity contribution < 1.29 is 22.6 Å². The summed E-state index contributed by atoms with van der Waals surface area (Å²) >= 11 is 0. The van der Waals surface area contributed by atoms with Crippen molar-refractivity contribution in [3.63, 3.8) is 0 Å². The van der Waals surface area contributed by atoms with Gasteiger partial charge in [0.2, 0.25) is 5.75 Å². The van der Waals surface area contributed by atoms with Gasteiger partial charge in [-0.15, -0.1) is 0 Å². The SMILES string of the molecule is COc1cc(CNCCS(=O)(=O)c2ccccc2)cc(OC)c1OC. The summed E-state index contributed by atoms with van der Waals surface area (Å²) in [4.78, 5) is 0.338. The van der Waals surface area contributed by atoms with E-state index in [-0.39, 0.29) is 5.75 Å². The van der Waals surface area contributed by atoms with E-state index in [2.05, 4.69) is 5.32 Å². The Morgan fingerprint density at radius 1 is 0.920 bits per heavy atom. The second-order valence-electron chi connectivity index (χ2n) is 5.34. The van der Waals surface area contributed by atoms with Crippen LogP contribution in [0.25, 0.3) is 0 Å². The highest BCUT2D eigenvalue weighted by Crippen LogP contribution is 2.38. The molecule has 1 N–H and O–H groups in total. The average Bonchev–Trinajstić information content (AvgIpc) is 2.65. The molecule has 0 atom stereocenters. The summed E-state index contributed by atoms with van der Waals surface area (Å²) < 4.78 is 40.4. The minimum atomic E-state index is -3.28. The van der Waals surface area contributed by atoms with Crippen LogP contribution >= 0.6 is 0 Å². The lowest BCUT2D eigenvalue weighted by molar-refractivity contribution is 0.323. The van der Waals surface area contributed by atoms with Crippen molar-refractivity contribution in [3.8, 4) is 17.2 Å². The molecule has 0 fully saturated rings. The van der Waals surface area contributed by atoms with Crippen LogP contribution in [0.2, 0.25) is 0 Å². The number of ether oxygens (including phenoxy) is 3. The lowest BCUT2D eigenvalue weighted by atomic mass is 10.2. The Hall–Kier alpha value is -2.25. The van der Waals surface area contributed by atoms with Crippen LogP contribution in [-0.2, 0) is 16.4 Å². The van der Waals surface area contributed by atoms with Gasteiger partial charge in [0.05, 0.1) is 32.0 Å². The Morgan fingerprint density at radius 3 is 2.04 bits per heavy atom. The minimum absolute atomic E-state index is 0.0292. The van der Waals surface area contributed by atoms with E-state index in [9.17, 15) is 8.42 Å². The molecule has 0 heterocycles. The molecule has 0 aliphatic carbocycles. The van der Waals surface area contributed by atoms with Crippen molar-refractivity contribution in [2.45, 2.75) is 11.4 Å². The average molecular weight is 365 g/mol. The molecule has 0 aromatic heterocycles. The molecule has 7 heteroatoms. The van der Waals surface area contributed by atoms with E-state index in [1.165, 1.54) is 0 Å². The van der Waals surface area contributed by atoms with Crippen molar-refractivity contribution in [2.24, 2.45) is 0 Å². The fourth-order valence-electron chi connectivity index (χ4n) is 2.42. The zero-order valence-corrected chi connectivity index (χ0v) is 15.4. The normalized spacial score (nSPS) is 11.2. The van der Waals surface area contributed by atoms with Gasteiger partial charge >= 0.3 is 0 Å². The molecule has 0 radical (unpaired) electrons. The highest BCUT2D eigenvalue weighted by atomic mass is 32.2. The molecule has 136 valence electrons. The zero-order chi connectivity index (χ0) is 18.3. The Morgan fingerprint density at radius 2 is 1.52 bits per heavy atom. The van der Waals surface area contributed by atoms with Gasteiger partial charge in [0.25, 0.3) is 0 Å². The van der Waals surface area contributed by atoms with E-state index in [1.54, 1.807) is 51.7 Å². The maximum absolute atomic E-state index is 12.2. The second-order valence-corrected chi connectivity index (χ2v) is 7.45. The Kier molecular flexibility index (Phi) is 6.66. The molecule has 0 unspecified atom stereocenters. The highest BCUT2D eigenvalue weighted by Gasteiger charge is 2.15. The standard InChI is InChI=1S/C18H23NO5S/c1-22-16-11-14(12-17(23-2)18(16)24-3)13-19-9-10-25(20,21)15-7-5-4-6-8-15/h4-8,11-12,19H,9-10,13H2,1-3H3. The summed E-state index contributed by atoms with van der Waals surface area (Å²) in [5.41, 5.74) is 0.909. The van der Waals surface area contributed by atoms with Crippen molar-refractivity contribution >= 4 is 9.84 Å². The molecule has 0 aliphatic rings. The molecule has 25 heavy (non-hydrogen) atoms. The Balaban J connectivity index is 1.98. The van der Waals surface area contributed by atoms with Gasteiger partial charge in [0.15, 0.2) is 21.3 Å². The van der Waals surface area contributed by atoms with Gasteiger partial charge in [-0.1, -0.05) is 18.2 Å². The topological polar surface area (TPSA) is 73.9 Å². The van der Waals surface area contributed by atoms with Crippen LogP contribution in [0, 0.1) is 0 Å². The third-order valence-corrected chi connectivity index (χ3v) is 5.44. The number of sulfone groups is 1. The largest absolute Gasteiger partial charge is 0.493 e. The van der Waals surface area contributed by atoms with Gasteiger partial charge in [-0.05, 0) is 29.8 Å². The molecule has 0 spiro atoms. The van der Waals surface area contributed by atoms with Crippen LogP contribution < -0.4 is 19.5 Å². The van der Waals surface area contributed by atoms with Crippen LogP contribution in [0.1, 0.15) is 5.56 Å². The third-order valence-electron chi connectivity index (χ3n) is 3.70.